The number of likely N-dealkylation sites (tertiary alicyclic amines) is 2. The lowest BCUT2D eigenvalue weighted by Gasteiger charge is -2.48. The standard InChI is InChI=1S/C17H25N5/c1-19-6-3-4-16(19)11-22-13-17(14-22)5-7-21(12-17)10-15-8-18-20(2)9-15/h3-4,6,8-9H,5,7,10-14H2,1-2H3. The Labute approximate surface area is 132 Å². The Bertz CT molecular complexity index is 650. The molecule has 0 amide bonds. The third-order valence-corrected chi connectivity index (χ3v) is 5.24. The fourth-order valence-corrected chi connectivity index (χ4v) is 4.14. The molecule has 0 radical (unpaired) electrons. The average Bonchev–Trinajstić information content (AvgIpc) is 3.13. The van der Waals surface area contributed by atoms with Gasteiger partial charge in [-0.15, -0.1) is 0 Å². The van der Waals surface area contributed by atoms with E-state index in [1.807, 2.05) is 17.9 Å². The second-order valence-corrected chi connectivity index (χ2v) is 7.24. The molecule has 0 N–H and O–H groups in total. The van der Waals surface area contributed by atoms with Crippen LogP contribution in [0.15, 0.2) is 30.7 Å². The van der Waals surface area contributed by atoms with Gasteiger partial charge in [0.05, 0.1) is 6.20 Å². The Kier molecular flexibility index (Phi) is 3.35. The number of aryl methyl sites for hydroxylation is 2. The smallest absolute Gasteiger partial charge is 0.0534 e. The van der Waals surface area contributed by atoms with E-state index in [2.05, 4.69) is 51.0 Å². The first-order chi connectivity index (χ1) is 10.6. The molecule has 2 aromatic rings. The zero-order valence-corrected chi connectivity index (χ0v) is 13.6. The van der Waals surface area contributed by atoms with Crippen molar-refractivity contribution in [2.75, 3.05) is 26.2 Å². The van der Waals surface area contributed by atoms with E-state index in [0.717, 1.165) is 13.1 Å². The minimum atomic E-state index is 0.549. The van der Waals surface area contributed by atoms with Crippen molar-refractivity contribution < 1.29 is 0 Å². The van der Waals surface area contributed by atoms with E-state index in [9.17, 15) is 0 Å². The van der Waals surface area contributed by atoms with Gasteiger partial charge in [0.25, 0.3) is 0 Å². The summed E-state index contributed by atoms with van der Waals surface area (Å²) >= 11 is 0. The van der Waals surface area contributed by atoms with Crippen LogP contribution in [-0.4, -0.2) is 50.3 Å². The summed E-state index contributed by atoms with van der Waals surface area (Å²) in [6.07, 6.45) is 7.61. The van der Waals surface area contributed by atoms with Crippen molar-refractivity contribution in [1.82, 2.24) is 24.1 Å². The summed E-state index contributed by atoms with van der Waals surface area (Å²) in [5.41, 5.74) is 3.30. The maximum Gasteiger partial charge on any atom is 0.0534 e. The Morgan fingerprint density at radius 3 is 2.64 bits per heavy atom. The lowest BCUT2D eigenvalue weighted by Crippen LogP contribution is -2.56. The van der Waals surface area contributed by atoms with Gasteiger partial charge in [0.1, 0.15) is 0 Å². The highest BCUT2D eigenvalue weighted by Crippen LogP contribution is 2.40. The molecule has 0 aromatic carbocycles. The molecule has 1 spiro atoms. The van der Waals surface area contributed by atoms with Crippen molar-refractivity contribution in [3.05, 3.63) is 42.0 Å². The highest BCUT2D eigenvalue weighted by molar-refractivity contribution is 5.10. The lowest BCUT2D eigenvalue weighted by molar-refractivity contribution is 0.000224. The molecule has 0 aliphatic carbocycles. The molecule has 0 bridgehead atoms. The fraction of sp³-hybridized carbons (Fsp3) is 0.588. The summed E-state index contributed by atoms with van der Waals surface area (Å²) in [4.78, 5) is 5.18. The summed E-state index contributed by atoms with van der Waals surface area (Å²) in [6, 6.07) is 4.37. The van der Waals surface area contributed by atoms with Gasteiger partial charge in [0.2, 0.25) is 0 Å². The summed E-state index contributed by atoms with van der Waals surface area (Å²) in [5.74, 6) is 0. The molecule has 0 unspecified atom stereocenters. The van der Waals surface area contributed by atoms with Crippen molar-refractivity contribution in [3.63, 3.8) is 0 Å². The zero-order chi connectivity index (χ0) is 15.2. The average molecular weight is 299 g/mol. The topological polar surface area (TPSA) is 29.2 Å². The second kappa shape index (κ2) is 5.25. The summed E-state index contributed by atoms with van der Waals surface area (Å²) in [7, 11) is 4.12. The predicted octanol–water partition coefficient (Wildman–Crippen LogP) is 1.47. The molecule has 2 fully saturated rings. The molecule has 2 aliphatic rings. The lowest BCUT2D eigenvalue weighted by atomic mass is 9.79. The van der Waals surface area contributed by atoms with Crippen molar-refractivity contribution in [1.29, 1.82) is 0 Å². The van der Waals surface area contributed by atoms with Gasteiger partial charge in [0, 0.05) is 75.9 Å². The Morgan fingerprint density at radius 1 is 1.14 bits per heavy atom. The summed E-state index contributed by atoms with van der Waals surface area (Å²) < 4.78 is 4.13. The maximum absolute atomic E-state index is 4.27. The molecular formula is C17H25N5. The van der Waals surface area contributed by atoms with Crippen molar-refractivity contribution >= 4 is 0 Å². The van der Waals surface area contributed by atoms with Crippen molar-refractivity contribution in [3.8, 4) is 0 Å². The Balaban J connectivity index is 1.30. The van der Waals surface area contributed by atoms with Crippen LogP contribution in [0.25, 0.3) is 0 Å². The van der Waals surface area contributed by atoms with Crippen LogP contribution in [0.3, 0.4) is 0 Å². The minimum Gasteiger partial charge on any atom is -0.353 e. The van der Waals surface area contributed by atoms with Crippen LogP contribution in [0.5, 0.6) is 0 Å². The van der Waals surface area contributed by atoms with Crippen LogP contribution >= 0.6 is 0 Å². The maximum atomic E-state index is 4.27. The zero-order valence-electron chi connectivity index (χ0n) is 13.6. The number of hydrogen-bond donors (Lipinski definition) is 0. The normalized spacial score (nSPS) is 21.5. The molecule has 118 valence electrons. The van der Waals surface area contributed by atoms with Gasteiger partial charge in [-0.3, -0.25) is 14.5 Å². The molecule has 2 saturated heterocycles. The fourth-order valence-electron chi connectivity index (χ4n) is 4.14. The van der Waals surface area contributed by atoms with Gasteiger partial charge >= 0.3 is 0 Å². The third-order valence-electron chi connectivity index (χ3n) is 5.24. The number of nitrogens with zero attached hydrogens (tertiary/aromatic N) is 5. The first-order valence-electron chi connectivity index (χ1n) is 8.14. The van der Waals surface area contributed by atoms with E-state index in [1.54, 1.807) is 0 Å². The van der Waals surface area contributed by atoms with Crippen LogP contribution in [0.4, 0.5) is 0 Å². The van der Waals surface area contributed by atoms with Gasteiger partial charge in [-0.25, -0.2) is 0 Å². The van der Waals surface area contributed by atoms with E-state index in [1.165, 1.54) is 43.9 Å². The van der Waals surface area contributed by atoms with E-state index in [4.69, 9.17) is 0 Å². The molecule has 5 nitrogen and oxygen atoms in total. The molecule has 0 saturated carbocycles. The number of hydrogen-bond acceptors (Lipinski definition) is 3. The van der Waals surface area contributed by atoms with Gasteiger partial charge in [-0.2, -0.15) is 5.10 Å². The van der Waals surface area contributed by atoms with Gasteiger partial charge in [-0.1, -0.05) is 0 Å². The van der Waals surface area contributed by atoms with Gasteiger partial charge in [0.15, 0.2) is 0 Å². The Hall–Kier alpha value is -1.59. The van der Waals surface area contributed by atoms with E-state index in [-0.39, 0.29) is 0 Å². The molecular weight excluding hydrogens is 274 g/mol. The Morgan fingerprint density at radius 2 is 1.95 bits per heavy atom. The predicted molar refractivity (Wildman–Crippen MR) is 86.2 cm³/mol. The van der Waals surface area contributed by atoms with Crippen LogP contribution in [0, 0.1) is 5.41 Å². The second-order valence-electron chi connectivity index (χ2n) is 7.24. The quantitative estimate of drug-likeness (QED) is 0.856. The van der Waals surface area contributed by atoms with Crippen LogP contribution in [-0.2, 0) is 27.2 Å². The van der Waals surface area contributed by atoms with Gasteiger partial charge < -0.3 is 4.57 Å². The van der Waals surface area contributed by atoms with E-state index >= 15 is 0 Å². The van der Waals surface area contributed by atoms with Crippen LogP contribution in [0.1, 0.15) is 17.7 Å². The highest BCUT2D eigenvalue weighted by Gasteiger charge is 2.47. The molecule has 2 aliphatic heterocycles. The third kappa shape index (κ3) is 2.59. The van der Waals surface area contributed by atoms with Crippen LogP contribution in [0.2, 0.25) is 0 Å². The van der Waals surface area contributed by atoms with E-state index in [0.29, 0.717) is 5.41 Å². The molecule has 4 heterocycles. The molecule has 5 heteroatoms. The summed E-state index contributed by atoms with van der Waals surface area (Å²) in [6.45, 7) is 7.11. The minimum absolute atomic E-state index is 0.549. The monoisotopic (exact) mass is 299 g/mol. The first-order valence-corrected chi connectivity index (χ1v) is 8.14. The van der Waals surface area contributed by atoms with Crippen LogP contribution < -0.4 is 0 Å². The molecule has 22 heavy (non-hydrogen) atoms. The molecule has 2 aromatic heterocycles. The van der Waals surface area contributed by atoms with Crippen molar-refractivity contribution in [2.45, 2.75) is 19.5 Å². The SMILES string of the molecule is Cn1cc(CN2CCC3(C2)CN(Cc2cccn2C)C3)cn1. The molecule has 0 atom stereocenters. The highest BCUT2D eigenvalue weighted by atomic mass is 15.3. The molecule has 4 rings (SSSR count). The first kappa shape index (κ1) is 14.0. The van der Waals surface area contributed by atoms with E-state index < -0.39 is 0 Å². The van der Waals surface area contributed by atoms with Crippen molar-refractivity contribution in [2.24, 2.45) is 19.5 Å². The largest absolute Gasteiger partial charge is 0.353 e. The number of aromatic nitrogens is 3. The number of rotatable bonds is 4. The summed E-state index contributed by atoms with van der Waals surface area (Å²) in [5, 5.41) is 4.27. The van der Waals surface area contributed by atoms with Gasteiger partial charge in [-0.05, 0) is 25.1 Å².